The molecule has 8 nitrogen and oxygen atoms in total. The van der Waals surface area contributed by atoms with Gasteiger partial charge in [0.1, 0.15) is 12.3 Å². The average molecular weight is 283 g/mol. The summed E-state index contributed by atoms with van der Waals surface area (Å²) in [6.07, 6.45) is -0.00604. The molecule has 0 radical (unpaired) electrons. The molecular weight excluding hydrogens is 266 g/mol. The van der Waals surface area contributed by atoms with E-state index in [0.29, 0.717) is 5.76 Å². The fourth-order valence-electron chi connectivity index (χ4n) is 1.31. The van der Waals surface area contributed by atoms with Gasteiger partial charge in [-0.15, -0.1) is 0 Å². The molecule has 2 amide bonds. The van der Waals surface area contributed by atoms with Gasteiger partial charge in [-0.05, 0) is 0 Å². The van der Waals surface area contributed by atoms with Crippen LogP contribution in [0.15, 0.2) is 10.6 Å². The van der Waals surface area contributed by atoms with Crippen molar-refractivity contribution in [2.45, 2.75) is 26.2 Å². The third kappa shape index (κ3) is 5.09. The molecule has 1 heterocycles. The molecule has 0 saturated carbocycles. The molecule has 0 saturated heterocycles. The Morgan fingerprint density at radius 3 is 2.60 bits per heavy atom. The minimum atomic E-state index is -1.12. The molecule has 1 aromatic heterocycles. The molecular formula is C12H17N3O5. The SMILES string of the molecule is CC(C)c1cc(C(=O)NCCC(=O)NCC(=O)O)no1. The summed E-state index contributed by atoms with van der Waals surface area (Å²) in [5.41, 5.74) is 0.152. The summed E-state index contributed by atoms with van der Waals surface area (Å²) in [7, 11) is 0. The summed E-state index contributed by atoms with van der Waals surface area (Å²) in [5, 5.41) is 16.7. The van der Waals surface area contributed by atoms with E-state index in [1.54, 1.807) is 6.07 Å². The van der Waals surface area contributed by atoms with Gasteiger partial charge in [0.05, 0.1) is 0 Å². The Morgan fingerprint density at radius 2 is 2.05 bits per heavy atom. The summed E-state index contributed by atoms with van der Waals surface area (Å²) in [6.45, 7) is 3.48. The van der Waals surface area contributed by atoms with E-state index in [1.165, 1.54) is 0 Å². The van der Waals surface area contributed by atoms with E-state index in [0.717, 1.165) is 0 Å². The van der Waals surface area contributed by atoms with Gasteiger partial charge in [0.2, 0.25) is 5.91 Å². The Hall–Kier alpha value is -2.38. The first-order valence-corrected chi connectivity index (χ1v) is 6.13. The van der Waals surface area contributed by atoms with Crippen LogP contribution in [-0.4, -0.2) is 41.1 Å². The van der Waals surface area contributed by atoms with Crippen LogP contribution >= 0.6 is 0 Å². The van der Waals surface area contributed by atoms with E-state index >= 15 is 0 Å². The minimum absolute atomic E-state index is 0.00604. The number of aromatic nitrogens is 1. The van der Waals surface area contributed by atoms with Crippen LogP contribution in [0.2, 0.25) is 0 Å². The van der Waals surface area contributed by atoms with E-state index < -0.39 is 24.3 Å². The Balaban J connectivity index is 2.32. The number of carbonyl (C=O) groups is 3. The third-order valence-electron chi connectivity index (χ3n) is 2.40. The van der Waals surface area contributed by atoms with E-state index in [-0.39, 0.29) is 24.6 Å². The molecule has 0 atom stereocenters. The van der Waals surface area contributed by atoms with Crippen LogP contribution in [0.25, 0.3) is 0 Å². The van der Waals surface area contributed by atoms with Crippen LogP contribution in [0.5, 0.6) is 0 Å². The highest BCUT2D eigenvalue weighted by atomic mass is 16.5. The van der Waals surface area contributed by atoms with Gasteiger partial charge in [-0.25, -0.2) is 0 Å². The second-order valence-electron chi connectivity index (χ2n) is 4.45. The van der Waals surface area contributed by atoms with Crippen molar-refractivity contribution in [3.8, 4) is 0 Å². The molecule has 0 fully saturated rings. The number of carboxylic acid groups (broad SMARTS) is 1. The Morgan fingerprint density at radius 1 is 1.35 bits per heavy atom. The van der Waals surface area contributed by atoms with Crippen molar-refractivity contribution in [2.75, 3.05) is 13.1 Å². The van der Waals surface area contributed by atoms with Gasteiger partial charge in [-0.3, -0.25) is 14.4 Å². The molecule has 0 aliphatic carbocycles. The highest BCUT2D eigenvalue weighted by Gasteiger charge is 2.14. The maximum Gasteiger partial charge on any atom is 0.322 e. The lowest BCUT2D eigenvalue weighted by Gasteiger charge is -2.03. The maximum absolute atomic E-state index is 11.7. The normalized spacial score (nSPS) is 10.3. The van der Waals surface area contributed by atoms with Crippen molar-refractivity contribution in [3.05, 3.63) is 17.5 Å². The van der Waals surface area contributed by atoms with Gasteiger partial charge in [0.15, 0.2) is 5.69 Å². The minimum Gasteiger partial charge on any atom is -0.480 e. The summed E-state index contributed by atoms with van der Waals surface area (Å²) in [5.74, 6) is -1.27. The number of carbonyl (C=O) groups excluding carboxylic acids is 2. The van der Waals surface area contributed by atoms with Crippen LogP contribution in [0.3, 0.4) is 0 Å². The number of hydrogen-bond donors (Lipinski definition) is 3. The summed E-state index contributed by atoms with van der Waals surface area (Å²) >= 11 is 0. The van der Waals surface area contributed by atoms with Crippen molar-refractivity contribution >= 4 is 17.8 Å². The fourth-order valence-corrected chi connectivity index (χ4v) is 1.31. The van der Waals surface area contributed by atoms with E-state index in [2.05, 4.69) is 15.8 Å². The van der Waals surface area contributed by atoms with Crippen LogP contribution in [0.4, 0.5) is 0 Å². The second kappa shape index (κ2) is 7.27. The molecule has 1 rings (SSSR count). The van der Waals surface area contributed by atoms with Crippen LogP contribution in [-0.2, 0) is 9.59 Å². The van der Waals surface area contributed by atoms with E-state index in [1.807, 2.05) is 13.8 Å². The zero-order valence-corrected chi connectivity index (χ0v) is 11.3. The summed E-state index contributed by atoms with van der Waals surface area (Å²) in [4.78, 5) is 33.1. The molecule has 0 unspecified atom stereocenters. The average Bonchev–Trinajstić information content (AvgIpc) is 2.86. The highest BCUT2D eigenvalue weighted by Crippen LogP contribution is 2.14. The van der Waals surface area contributed by atoms with Gasteiger partial charge in [-0.1, -0.05) is 19.0 Å². The number of nitrogens with zero attached hydrogens (tertiary/aromatic N) is 1. The first kappa shape index (κ1) is 15.7. The van der Waals surface area contributed by atoms with E-state index in [4.69, 9.17) is 9.63 Å². The van der Waals surface area contributed by atoms with E-state index in [9.17, 15) is 14.4 Å². The van der Waals surface area contributed by atoms with Crippen molar-refractivity contribution in [1.29, 1.82) is 0 Å². The topological polar surface area (TPSA) is 122 Å². The highest BCUT2D eigenvalue weighted by molar-refractivity contribution is 5.92. The predicted octanol–water partition coefficient (Wildman–Crippen LogP) is 0.119. The lowest BCUT2D eigenvalue weighted by molar-refractivity contribution is -0.137. The van der Waals surface area contributed by atoms with Gasteiger partial charge in [-0.2, -0.15) is 0 Å². The van der Waals surface area contributed by atoms with Crippen molar-refractivity contribution in [2.24, 2.45) is 0 Å². The largest absolute Gasteiger partial charge is 0.480 e. The molecule has 0 aliphatic heterocycles. The first-order chi connectivity index (χ1) is 9.40. The quantitative estimate of drug-likeness (QED) is 0.653. The number of aliphatic carboxylic acids is 1. The lowest BCUT2D eigenvalue weighted by Crippen LogP contribution is -2.33. The van der Waals surface area contributed by atoms with Gasteiger partial charge >= 0.3 is 5.97 Å². The van der Waals surface area contributed by atoms with Crippen LogP contribution in [0.1, 0.15) is 42.4 Å². The molecule has 0 spiro atoms. The second-order valence-corrected chi connectivity index (χ2v) is 4.45. The molecule has 1 aromatic rings. The maximum atomic E-state index is 11.7. The van der Waals surface area contributed by atoms with Crippen molar-refractivity contribution in [1.82, 2.24) is 15.8 Å². The standard InChI is InChI=1S/C12H17N3O5/c1-7(2)9-5-8(15-20-9)12(19)13-4-3-10(16)14-6-11(17)18/h5,7H,3-4,6H2,1-2H3,(H,13,19)(H,14,16)(H,17,18). The number of hydrogen-bond acceptors (Lipinski definition) is 5. The number of amides is 2. The van der Waals surface area contributed by atoms with Crippen LogP contribution < -0.4 is 10.6 Å². The fraction of sp³-hybridized carbons (Fsp3) is 0.500. The van der Waals surface area contributed by atoms with Crippen molar-refractivity contribution in [3.63, 3.8) is 0 Å². The molecule has 0 bridgehead atoms. The summed E-state index contributed by atoms with van der Waals surface area (Å²) in [6, 6.07) is 1.55. The number of carboxylic acids is 1. The molecule has 3 N–H and O–H groups in total. The Bertz CT molecular complexity index is 495. The Labute approximate surface area is 115 Å². The van der Waals surface area contributed by atoms with Gasteiger partial charge < -0.3 is 20.3 Å². The lowest BCUT2D eigenvalue weighted by atomic mass is 10.1. The van der Waals surface area contributed by atoms with Gasteiger partial charge in [0, 0.05) is 24.9 Å². The third-order valence-corrected chi connectivity index (χ3v) is 2.40. The molecule has 8 heteroatoms. The molecule has 20 heavy (non-hydrogen) atoms. The predicted molar refractivity (Wildman–Crippen MR) is 68.2 cm³/mol. The monoisotopic (exact) mass is 283 g/mol. The molecule has 0 aliphatic rings. The first-order valence-electron chi connectivity index (χ1n) is 6.13. The van der Waals surface area contributed by atoms with Crippen molar-refractivity contribution < 1.29 is 24.0 Å². The van der Waals surface area contributed by atoms with Crippen LogP contribution in [0, 0.1) is 0 Å². The smallest absolute Gasteiger partial charge is 0.322 e. The van der Waals surface area contributed by atoms with Gasteiger partial charge in [0.25, 0.3) is 5.91 Å². The zero-order valence-electron chi connectivity index (χ0n) is 11.3. The molecule has 0 aromatic carbocycles. The number of nitrogens with one attached hydrogen (secondary N) is 2. The molecule has 110 valence electrons. The zero-order chi connectivity index (χ0) is 15.1. The number of rotatable bonds is 7. The Kier molecular flexibility index (Phi) is 5.70. The summed E-state index contributed by atoms with van der Waals surface area (Å²) < 4.78 is 4.98.